The topological polar surface area (TPSA) is 32.3 Å². The first-order chi connectivity index (χ1) is 11.7. The minimum absolute atomic E-state index is 0.0851. The highest BCUT2D eigenvalue weighted by Crippen LogP contribution is 2.30. The summed E-state index contributed by atoms with van der Waals surface area (Å²) >= 11 is 0. The third-order valence-corrected chi connectivity index (χ3v) is 3.84. The molecule has 0 radical (unpaired) electrons. The van der Waals surface area contributed by atoms with Crippen molar-refractivity contribution in [3.63, 3.8) is 0 Å². The Balaban J connectivity index is 2.01. The predicted octanol–water partition coefficient (Wildman–Crippen LogP) is 4.30. The number of alkyl halides is 3. The molecule has 0 saturated carbocycles. The fourth-order valence-corrected chi connectivity index (χ4v) is 2.23. The standard InChI is InChI=1S/C18H18F4N2O/c1-12(24(2)11-13-6-8-15(19)9-7-13)17(25)23-16-5-3-4-14(10-16)18(20,21)22/h3-10,12H,11H2,1-2H3,(H,23,25)/t12-/m0/s1. The average Bonchev–Trinajstić information content (AvgIpc) is 2.55. The van der Waals surface area contributed by atoms with Gasteiger partial charge in [-0.3, -0.25) is 9.69 Å². The van der Waals surface area contributed by atoms with E-state index in [0.717, 1.165) is 17.7 Å². The molecule has 3 nitrogen and oxygen atoms in total. The van der Waals surface area contributed by atoms with Crippen molar-refractivity contribution in [2.24, 2.45) is 0 Å². The molecule has 2 aromatic rings. The van der Waals surface area contributed by atoms with E-state index in [2.05, 4.69) is 5.32 Å². The van der Waals surface area contributed by atoms with Crippen molar-refractivity contribution in [1.82, 2.24) is 4.90 Å². The molecule has 2 aromatic carbocycles. The molecule has 1 amide bonds. The van der Waals surface area contributed by atoms with Gasteiger partial charge in [-0.25, -0.2) is 4.39 Å². The van der Waals surface area contributed by atoms with Gasteiger partial charge in [0.1, 0.15) is 5.82 Å². The van der Waals surface area contributed by atoms with E-state index in [1.54, 1.807) is 31.0 Å². The number of rotatable bonds is 5. The normalized spacial score (nSPS) is 12.9. The molecule has 0 aliphatic heterocycles. The summed E-state index contributed by atoms with van der Waals surface area (Å²) in [5, 5.41) is 2.49. The zero-order valence-electron chi connectivity index (χ0n) is 13.8. The Kier molecular flexibility index (Phi) is 5.79. The van der Waals surface area contributed by atoms with Crippen LogP contribution in [0.1, 0.15) is 18.1 Å². The Morgan fingerprint density at radius 1 is 1.16 bits per heavy atom. The van der Waals surface area contributed by atoms with Gasteiger partial charge in [-0.05, 0) is 49.9 Å². The highest BCUT2D eigenvalue weighted by molar-refractivity contribution is 5.94. The Labute approximate surface area is 143 Å². The number of nitrogens with one attached hydrogen (secondary N) is 1. The molecule has 0 aromatic heterocycles. The monoisotopic (exact) mass is 354 g/mol. The largest absolute Gasteiger partial charge is 0.416 e. The van der Waals surface area contributed by atoms with Crippen LogP contribution in [0.2, 0.25) is 0 Å². The summed E-state index contributed by atoms with van der Waals surface area (Å²) in [4.78, 5) is 14.0. The van der Waals surface area contributed by atoms with Crippen LogP contribution in [0.25, 0.3) is 0 Å². The zero-order valence-corrected chi connectivity index (χ0v) is 13.8. The van der Waals surface area contributed by atoms with E-state index in [1.165, 1.54) is 24.3 Å². The second-order valence-electron chi connectivity index (χ2n) is 5.79. The molecule has 0 heterocycles. The fourth-order valence-electron chi connectivity index (χ4n) is 2.23. The summed E-state index contributed by atoms with van der Waals surface area (Å²) in [5.74, 6) is -0.773. The van der Waals surface area contributed by atoms with Gasteiger partial charge < -0.3 is 5.32 Å². The Hall–Kier alpha value is -2.41. The molecule has 0 fully saturated rings. The molecular formula is C18H18F4N2O. The second kappa shape index (κ2) is 7.65. The number of anilines is 1. The lowest BCUT2D eigenvalue weighted by atomic mass is 10.1. The molecule has 0 saturated heterocycles. The van der Waals surface area contributed by atoms with Crippen molar-refractivity contribution in [1.29, 1.82) is 0 Å². The molecule has 1 N–H and O–H groups in total. The van der Waals surface area contributed by atoms with Gasteiger partial charge in [-0.15, -0.1) is 0 Å². The van der Waals surface area contributed by atoms with Gasteiger partial charge in [0.25, 0.3) is 0 Å². The molecule has 7 heteroatoms. The molecule has 0 spiro atoms. The van der Waals surface area contributed by atoms with Crippen molar-refractivity contribution >= 4 is 11.6 Å². The van der Waals surface area contributed by atoms with Gasteiger partial charge in [0.2, 0.25) is 5.91 Å². The zero-order chi connectivity index (χ0) is 18.6. The fraction of sp³-hybridized carbons (Fsp3) is 0.278. The van der Waals surface area contributed by atoms with Gasteiger partial charge in [-0.2, -0.15) is 13.2 Å². The third kappa shape index (κ3) is 5.29. The minimum atomic E-state index is -4.47. The van der Waals surface area contributed by atoms with E-state index in [1.807, 2.05) is 0 Å². The molecule has 134 valence electrons. The van der Waals surface area contributed by atoms with E-state index in [9.17, 15) is 22.4 Å². The van der Waals surface area contributed by atoms with Crippen LogP contribution < -0.4 is 5.32 Å². The van der Waals surface area contributed by atoms with Crippen LogP contribution in [0.4, 0.5) is 23.2 Å². The predicted molar refractivity (Wildman–Crippen MR) is 87.4 cm³/mol. The van der Waals surface area contributed by atoms with Crippen molar-refractivity contribution < 1.29 is 22.4 Å². The first kappa shape index (κ1) is 18.9. The van der Waals surface area contributed by atoms with Crippen LogP contribution in [0.5, 0.6) is 0 Å². The number of likely N-dealkylation sites (N-methyl/N-ethyl adjacent to an activating group) is 1. The number of benzene rings is 2. The Bertz CT molecular complexity index is 729. The maximum Gasteiger partial charge on any atom is 0.416 e. The Morgan fingerprint density at radius 3 is 2.40 bits per heavy atom. The SMILES string of the molecule is C[C@@H](C(=O)Nc1cccc(C(F)(F)F)c1)N(C)Cc1ccc(F)cc1. The van der Waals surface area contributed by atoms with E-state index in [4.69, 9.17) is 0 Å². The maximum atomic E-state index is 12.9. The highest BCUT2D eigenvalue weighted by atomic mass is 19.4. The first-order valence-electron chi connectivity index (χ1n) is 7.59. The molecule has 0 bridgehead atoms. The average molecular weight is 354 g/mol. The summed E-state index contributed by atoms with van der Waals surface area (Å²) in [7, 11) is 1.71. The second-order valence-corrected chi connectivity index (χ2v) is 5.79. The van der Waals surface area contributed by atoms with E-state index in [-0.39, 0.29) is 11.5 Å². The number of halogens is 4. The minimum Gasteiger partial charge on any atom is -0.325 e. The lowest BCUT2D eigenvalue weighted by Crippen LogP contribution is -2.39. The summed E-state index contributed by atoms with van der Waals surface area (Å²) in [6, 6.07) is 9.79. The van der Waals surface area contributed by atoms with Crippen LogP contribution in [0, 0.1) is 5.82 Å². The van der Waals surface area contributed by atoms with Crippen molar-refractivity contribution in [2.75, 3.05) is 12.4 Å². The first-order valence-corrected chi connectivity index (χ1v) is 7.59. The van der Waals surface area contributed by atoms with E-state index >= 15 is 0 Å². The molecule has 0 aliphatic carbocycles. The van der Waals surface area contributed by atoms with Crippen LogP contribution in [0.3, 0.4) is 0 Å². The number of carbonyl (C=O) groups is 1. The van der Waals surface area contributed by atoms with Crippen LogP contribution in [0.15, 0.2) is 48.5 Å². The van der Waals surface area contributed by atoms with Crippen molar-refractivity contribution in [3.8, 4) is 0 Å². The van der Waals surface area contributed by atoms with Gasteiger partial charge in [0, 0.05) is 12.2 Å². The molecule has 1 atom stereocenters. The number of amides is 1. The van der Waals surface area contributed by atoms with Crippen LogP contribution in [-0.2, 0) is 17.5 Å². The molecule has 0 aliphatic rings. The third-order valence-electron chi connectivity index (χ3n) is 3.84. The molecule has 0 unspecified atom stereocenters. The smallest absolute Gasteiger partial charge is 0.325 e. The number of carbonyl (C=O) groups excluding carboxylic acids is 1. The van der Waals surface area contributed by atoms with Gasteiger partial charge in [0.05, 0.1) is 11.6 Å². The van der Waals surface area contributed by atoms with E-state index < -0.39 is 23.7 Å². The summed E-state index contributed by atoms with van der Waals surface area (Å²) in [5.41, 5.74) is 0.0853. The number of hydrogen-bond donors (Lipinski definition) is 1. The quantitative estimate of drug-likeness (QED) is 0.812. The van der Waals surface area contributed by atoms with Crippen LogP contribution in [-0.4, -0.2) is 23.9 Å². The maximum absolute atomic E-state index is 12.9. The summed E-state index contributed by atoms with van der Waals surface area (Å²) < 4.78 is 51.1. The van der Waals surface area contributed by atoms with E-state index in [0.29, 0.717) is 6.54 Å². The molecular weight excluding hydrogens is 336 g/mol. The van der Waals surface area contributed by atoms with Gasteiger partial charge in [-0.1, -0.05) is 18.2 Å². The Morgan fingerprint density at radius 2 is 1.80 bits per heavy atom. The number of hydrogen-bond acceptors (Lipinski definition) is 2. The lowest BCUT2D eigenvalue weighted by Gasteiger charge is -2.24. The number of nitrogens with zero attached hydrogens (tertiary/aromatic N) is 1. The summed E-state index contributed by atoms with van der Waals surface area (Å²) in [6.45, 7) is 2.05. The molecule has 25 heavy (non-hydrogen) atoms. The van der Waals surface area contributed by atoms with Gasteiger partial charge >= 0.3 is 6.18 Å². The van der Waals surface area contributed by atoms with Crippen LogP contribution >= 0.6 is 0 Å². The van der Waals surface area contributed by atoms with Crippen molar-refractivity contribution in [2.45, 2.75) is 25.7 Å². The van der Waals surface area contributed by atoms with Crippen molar-refractivity contribution in [3.05, 3.63) is 65.5 Å². The molecule has 2 rings (SSSR count). The lowest BCUT2D eigenvalue weighted by molar-refractivity contribution is -0.137. The van der Waals surface area contributed by atoms with Gasteiger partial charge in [0.15, 0.2) is 0 Å². The summed E-state index contributed by atoms with van der Waals surface area (Å²) in [6.07, 6.45) is -4.47. The highest BCUT2D eigenvalue weighted by Gasteiger charge is 2.30.